The highest BCUT2D eigenvalue weighted by atomic mass is 35.5. The number of ketones is 2. The van der Waals surface area contributed by atoms with E-state index in [0.717, 1.165) is 16.6 Å². The fourth-order valence-corrected chi connectivity index (χ4v) is 3.32. The van der Waals surface area contributed by atoms with E-state index in [9.17, 15) is 9.59 Å². The van der Waals surface area contributed by atoms with Crippen molar-refractivity contribution in [3.05, 3.63) is 51.3 Å². The number of hydrogen-bond donors (Lipinski definition) is 2. The molecule has 4 nitrogen and oxygen atoms in total. The van der Waals surface area contributed by atoms with Gasteiger partial charge in [-0.25, -0.2) is 0 Å². The molecular weight excluding hydrogens is 335 g/mol. The number of allylic oxidation sites excluding steroid dienone is 3. The van der Waals surface area contributed by atoms with Crippen LogP contribution in [-0.2, 0) is 9.59 Å². The third-order valence-corrected chi connectivity index (χ3v) is 4.51. The number of carbonyl (C=O) groups excluding carboxylic acids is 2. The maximum atomic E-state index is 12.7. The van der Waals surface area contributed by atoms with Crippen molar-refractivity contribution in [3.8, 4) is 0 Å². The van der Waals surface area contributed by atoms with Gasteiger partial charge in [-0.1, -0.05) is 41.4 Å². The molecule has 1 aliphatic rings. The predicted molar refractivity (Wildman–Crippen MR) is 92.4 cm³/mol. The number of rotatable bonds is 3. The van der Waals surface area contributed by atoms with E-state index in [2.05, 4.69) is 10.3 Å². The molecule has 0 radical (unpaired) electrons. The van der Waals surface area contributed by atoms with Gasteiger partial charge in [-0.05, 0) is 19.9 Å². The molecule has 0 amide bonds. The third kappa shape index (κ3) is 2.38. The summed E-state index contributed by atoms with van der Waals surface area (Å²) in [5.74, 6) is -0.905. The number of para-hydroxylation sites is 1. The quantitative estimate of drug-likeness (QED) is 0.832. The summed E-state index contributed by atoms with van der Waals surface area (Å²) in [4.78, 5) is 28.4. The van der Waals surface area contributed by atoms with Gasteiger partial charge in [0, 0.05) is 28.7 Å². The first kappa shape index (κ1) is 15.8. The summed E-state index contributed by atoms with van der Waals surface area (Å²) in [7, 11) is 0. The molecule has 2 aromatic rings. The number of aryl methyl sites for hydroxylation is 1. The number of carbonyl (C=O) groups is 2. The summed E-state index contributed by atoms with van der Waals surface area (Å²) < 4.78 is 0. The number of aromatic amines is 1. The van der Waals surface area contributed by atoms with Gasteiger partial charge in [-0.15, -0.1) is 0 Å². The summed E-state index contributed by atoms with van der Waals surface area (Å²) in [5, 5.41) is 3.41. The number of benzene rings is 1. The summed E-state index contributed by atoms with van der Waals surface area (Å²) >= 11 is 12.4. The topological polar surface area (TPSA) is 62.0 Å². The second-order valence-electron chi connectivity index (χ2n) is 5.24. The number of likely N-dealkylation sites (N-methyl/N-ethyl adjacent to an activating group) is 1. The Bertz CT molecular complexity index is 906. The molecule has 0 bridgehead atoms. The van der Waals surface area contributed by atoms with Crippen LogP contribution in [0.3, 0.4) is 0 Å². The van der Waals surface area contributed by atoms with Crippen LogP contribution < -0.4 is 5.32 Å². The van der Waals surface area contributed by atoms with Gasteiger partial charge in [0.05, 0.1) is 5.57 Å². The Labute approximate surface area is 143 Å². The smallest absolute Gasteiger partial charge is 0.222 e. The highest BCUT2D eigenvalue weighted by Crippen LogP contribution is 2.38. The first-order chi connectivity index (χ1) is 11.0. The third-order valence-electron chi connectivity index (χ3n) is 3.79. The van der Waals surface area contributed by atoms with E-state index in [4.69, 9.17) is 23.2 Å². The van der Waals surface area contributed by atoms with Crippen molar-refractivity contribution in [1.29, 1.82) is 0 Å². The first-order valence-electron chi connectivity index (χ1n) is 7.17. The van der Waals surface area contributed by atoms with Crippen LogP contribution in [0.1, 0.15) is 18.2 Å². The van der Waals surface area contributed by atoms with E-state index in [-0.39, 0.29) is 21.3 Å². The monoisotopic (exact) mass is 348 g/mol. The maximum absolute atomic E-state index is 12.7. The van der Waals surface area contributed by atoms with Crippen LogP contribution in [0, 0.1) is 6.92 Å². The van der Waals surface area contributed by atoms with Crippen molar-refractivity contribution in [1.82, 2.24) is 10.3 Å². The molecule has 0 atom stereocenters. The van der Waals surface area contributed by atoms with Gasteiger partial charge in [0.1, 0.15) is 15.8 Å². The first-order valence-corrected chi connectivity index (χ1v) is 7.93. The highest BCUT2D eigenvalue weighted by molar-refractivity contribution is 6.63. The Hall–Kier alpha value is -2.04. The minimum Gasteiger partial charge on any atom is -0.381 e. The normalized spacial score (nSPS) is 15.8. The molecule has 0 saturated carbocycles. The number of Topliss-reactive ketones (excluding diaryl/α,β-unsaturated/α-hetero) is 2. The van der Waals surface area contributed by atoms with Crippen LogP contribution in [0.4, 0.5) is 0 Å². The summed E-state index contributed by atoms with van der Waals surface area (Å²) in [6.07, 6.45) is 0. The zero-order valence-electron chi connectivity index (χ0n) is 12.6. The zero-order valence-corrected chi connectivity index (χ0v) is 14.1. The molecule has 1 aromatic carbocycles. The Kier molecular flexibility index (Phi) is 4.04. The van der Waals surface area contributed by atoms with E-state index in [1.807, 2.05) is 38.1 Å². The fraction of sp³-hybridized carbons (Fsp3) is 0.176. The largest absolute Gasteiger partial charge is 0.381 e. The molecule has 118 valence electrons. The minimum atomic E-state index is -0.460. The fourth-order valence-electron chi connectivity index (χ4n) is 2.80. The van der Waals surface area contributed by atoms with E-state index < -0.39 is 11.6 Å². The predicted octanol–water partition coefficient (Wildman–Crippen LogP) is 3.64. The lowest BCUT2D eigenvalue weighted by Crippen LogP contribution is -2.28. The molecule has 23 heavy (non-hydrogen) atoms. The lowest BCUT2D eigenvalue weighted by atomic mass is 9.92. The Morgan fingerprint density at radius 3 is 2.48 bits per heavy atom. The second kappa shape index (κ2) is 5.87. The molecule has 6 heteroatoms. The molecule has 0 spiro atoms. The Morgan fingerprint density at radius 2 is 1.78 bits per heavy atom. The molecule has 0 fully saturated rings. The average molecular weight is 349 g/mol. The van der Waals surface area contributed by atoms with E-state index in [1.165, 1.54) is 0 Å². The number of aromatic nitrogens is 1. The number of halogens is 2. The van der Waals surface area contributed by atoms with Gasteiger partial charge in [-0.2, -0.15) is 0 Å². The van der Waals surface area contributed by atoms with E-state index >= 15 is 0 Å². The molecule has 3 rings (SSSR count). The van der Waals surface area contributed by atoms with E-state index in [0.29, 0.717) is 12.1 Å². The van der Waals surface area contributed by atoms with Crippen LogP contribution in [0.5, 0.6) is 0 Å². The minimum absolute atomic E-state index is 0.0606. The molecule has 1 aliphatic carbocycles. The SMILES string of the molecule is CCNC1=C(Cl)C(=O)C(c2c(C)[nH]c3ccccc23)=C(Cl)C1=O. The number of fused-ring (bicyclic) bond motifs is 1. The number of H-pyrrole nitrogens is 1. The molecule has 2 N–H and O–H groups in total. The van der Waals surface area contributed by atoms with Crippen molar-refractivity contribution in [2.24, 2.45) is 0 Å². The van der Waals surface area contributed by atoms with Crippen LogP contribution in [0.25, 0.3) is 16.5 Å². The van der Waals surface area contributed by atoms with Gasteiger partial charge in [0.25, 0.3) is 0 Å². The van der Waals surface area contributed by atoms with Crippen molar-refractivity contribution < 1.29 is 9.59 Å². The standard InChI is InChI=1S/C17H14Cl2N2O2/c1-3-20-15-14(19)16(22)12(13(18)17(15)23)11-8(2)21-10-7-5-4-6-9(10)11/h4-7,20-21H,3H2,1-2H3. The lowest BCUT2D eigenvalue weighted by molar-refractivity contribution is -0.114. The maximum Gasteiger partial charge on any atom is 0.222 e. The van der Waals surface area contributed by atoms with Gasteiger partial charge in [0.15, 0.2) is 0 Å². The second-order valence-corrected chi connectivity index (χ2v) is 5.99. The summed E-state index contributed by atoms with van der Waals surface area (Å²) in [5.41, 5.74) is 2.47. The summed E-state index contributed by atoms with van der Waals surface area (Å²) in [6.45, 7) is 4.11. The molecule has 0 aliphatic heterocycles. The van der Waals surface area contributed by atoms with Gasteiger partial charge < -0.3 is 10.3 Å². The van der Waals surface area contributed by atoms with E-state index in [1.54, 1.807) is 0 Å². The Morgan fingerprint density at radius 1 is 1.09 bits per heavy atom. The van der Waals surface area contributed by atoms with Gasteiger partial charge >= 0.3 is 0 Å². The average Bonchev–Trinajstić information content (AvgIpc) is 2.86. The van der Waals surface area contributed by atoms with Crippen LogP contribution in [0.2, 0.25) is 0 Å². The number of nitrogens with one attached hydrogen (secondary N) is 2. The lowest BCUT2D eigenvalue weighted by Gasteiger charge is -2.19. The molecule has 1 heterocycles. The molecular formula is C17H14Cl2N2O2. The van der Waals surface area contributed by atoms with Crippen molar-refractivity contribution in [3.63, 3.8) is 0 Å². The van der Waals surface area contributed by atoms with Gasteiger partial charge in [-0.3, -0.25) is 9.59 Å². The Balaban J connectivity index is 2.25. The van der Waals surface area contributed by atoms with Crippen molar-refractivity contribution in [2.75, 3.05) is 6.54 Å². The van der Waals surface area contributed by atoms with Crippen molar-refractivity contribution >= 4 is 51.2 Å². The zero-order chi connectivity index (χ0) is 16.7. The van der Waals surface area contributed by atoms with Crippen LogP contribution in [0.15, 0.2) is 40.0 Å². The molecule has 1 aromatic heterocycles. The van der Waals surface area contributed by atoms with Crippen molar-refractivity contribution in [2.45, 2.75) is 13.8 Å². The highest BCUT2D eigenvalue weighted by Gasteiger charge is 2.35. The molecule has 0 saturated heterocycles. The van der Waals surface area contributed by atoms with Gasteiger partial charge in [0.2, 0.25) is 11.6 Å². The summed E-state index contributed by atoms with van der Waals surface area (Å²) in [6, 6.07) is 7.53. The number of hydrogen-bond acceptors (Lipinski definition) is 3. The van der Waals surface area contributed by atoms with Crippen LogP contribution >= 0.6 is 23.2 Å². The molecule has 0 unspecified atom stereocenters. The van der Waals surface area contributed by atoms with Crippen LogP contribution in [-0.4, -0.2) is 23.1 Å².